The smallest absolute Gasteiger partial charge is 0.110 e. The summed E-state index contributed by atoms with van der Waals surface area (Å²) in [6.45, 7) is 0. The number of rotatable bonds is 1. The van der Waals surface area contributed by atoms with E-state index in [1.807, 2.05) is 23.0 Å². The topological polar surface area (TPSA) is 9.23 Å². The second-order valence-corrected chi connectivity index (χ2v) is 2.50. The lowest BCUT2D eigenvalue weighted by atomic mass is 10.1. The number of halogens is 1. The summed E-state index contributed by atoms with van der Waals surface area (Å²) >= 11 is 1.97. The first-order valence-corrected chi connectivity index (χ1v) is 3.74. The molecule has 0 fully saturated rings. The van der Waals surface area contributed by atoms with E-state index in [0.29, 0.717) is 6.10 Å². The van der Waals surface area contributed by atoms with Crippen molar-refractivity contribution in [2.24, 2.45) is 0 Å². The second kappa shape index (κ2) is 3.45. The monoisotopic (exact) mass is 224 g/mol. The molecule has 0 unspecified atom stereocenters. The molecule has 0 N–H and O–H groups in total. The molecule has 0 saturated heterocycles. The number of hydrogen-bond donors (Lipinski definition) is 0. The molecule has 0 saturated carbocycles. The standard InChI is InChI=1S/C6H9IO/c7-8-6-4-2-1-3-5-6/h1-2,6H,3-5H2/t6-/m0/s1. The summed E-state index contributed by atoms with van der Waals surface area (Å²) < 4.78 is 5.11. The first-order chi connectivity index (χ1) is 3.93. The van der Waals surface area contributed by atoms with Gasteiger partial charge in [0.2, 0.25) is 0 Å². The fraction of sp³-hybridized carbons (Fsp3) is 0.667. The van der Waals surface area contributed by atoms with Crippen LogP contribution in [-0.4, -0.2) is 6.10 Å². The van der Waals surface area contributed by atoms with Crippen LogP contribution >= 0.6 is 23.0 Å². The zero-order valence-electron chi connectivity index (χ0n) is 4.64. The van der Waals surface area contributed by atoms with Crippen molar-refractivity contribution in [3.05, 3.63) is 12.2 Å². The van der Waals surface area contributed by atoms with Gasteiger partial charge in [-0.15, -0.1) is 0 Å². The van der Waals surface area contributed by atoms with Gasteiger partial charge in [-0.3, -0.25) is 0 Å². The van der Waals surface area contributed by atoms with Crippen LogP contribution in [0.1, 0.15) is 19.3 Å². The zero-order chi connectivity index (χ0) is 5.82. The van der Waals surface area contributed by atoms with E-state index >= 15 is 0 Å². The summed E-state index contributed by atoms with van der Waals surface area (Å²) in [5, 5.41) is 0. The summed E-state index contributed by atoms with van der Waals surface area (Å²) in [5.74, 6) is 0. The van der Waals surface area contributed by atoms with Crippen LogP contribution in [0.5, 0.6) is 0 Å². The molecule has 0 spiro atoms. The Morgan fingerprint density at radius 3 is 2.75 bits per heavy atom. The van der Waals surface area contributed by atoms with Crippen LogP contribution in [0.4, 0.5) is 0 Å². The van der Waals surface area contributed by atoms with Crippen LogP contribution in [0.2, 0.25) is 0 Å². The van der Waals surface area contributed by atoms with E-state index in [9.17, 15) is 0 Å². The number of allylic oxidation sites excluding steroid dienone is 1. The Morgan fingerprint density at radius 2 is 2.38 bits per heavy atom. The van der Waals surface area contributed by atoms with E-state index in [-0.39, 0.29) is 0 Å². The maximum absolute atomic E-state index is 5.11. The Bertz CT molecular complexity index is 90.5. The molecular weight excluding hydrogens is 215 g/mol. The third-order valence-corrected chi connectivity index (χ3v) is 2.07. The molecule has 8 heavy (non-hydrogen) atoms. The van der Waals surface area contributed by atoms with Crippen molar-refractivity contribution >= 4 is 23.0 Å². The fourth-order valence-corrected chi connectivity index (χ4v) is 1.31. The van der Waals surface area contributed by atoms with Crippen molar-refractivity contribution in [2.75, 3.05) is 0 Å². The van der Waals surface area contributed by atoms with E-state index in [0.717, 1.165) is 6.42 Å². The normalized spacial score (nSPS) is 28.4. The summed E-state index contributed by atoms with van der Waals surface area (Å²) in [5.41, 5.74) is 0. The molecule has 0 radical (unpaired) electrons. The molecule has 1 nitrogen and oxygen atoms in total. The van der Waals surface area contributed by atoms with E-state index in [4.69, 9.17) is 3.07 Å². The van der Waals surface area contributed by atoms with Crippen LogP contribution in [0, 0.1) is 0 Å². The van der Waals surface area contributed by atoms with Crippen molar-refractivity contribution in [3.8, 4) is 0 Å². The van der Waals surface area contributed by atoms with E-state index in [2.05, 4.69) is 12.2 Å². The minimum atomic E-state index is 0.487. The van der Waals surface area contributed by atoms with Crippen LogP contribution in [0.25, 0.3) is 0 Å². The Morgan fingerprint density at radius 1 is 1.50 bits per heavy atom. The molecule has 0 amide bonds. The average Bonchev–Trinajstić information content (AvgIpc) is 1.90. The quantitative estimate of drug-likeness (QED) is 0.491. The maximum atomic E-state index is 5.11. The second-order valence-electron chi connectivity index (χ2n) is 2.00. The van der Waals surface area contributed by atoms with Gasteiger partial charge in [-0.05, 0) is 19.3 Å². The van der Waals surface area contributed by atoms with Gasteiger partial charge in [-0.1, -0.05) is 12.2 Å². The molecule has 46 valence electrons. The van der Waals surface area contributed by atoms with E-state index in [1.54, 1.807) is 0 Å². The van der Waals surface area contributed by atoms with Gasteiger partial charge < -0.3 is 3.07 Å². The van der Waals surface area contributed by atoms with Crippen molar-refractivity contribution in [3.63, 3.8) is 0 Å². The van der Waals surface area contributed by atoms with Crippen molar-refractivity contribution < 1.29 is 3.07 Å². The third kappa shape index (κ3) is 1.74. The van der Waals surface area contributed by atoms with Crippen LogP contribution in [-0.2, 0) is 3.07 Å². The molecule has 1 rings (SSSR count). The average molecular weight is 224 g/mol. The van der Waals surface area contributed by atoms with Gasteiger partial charge in [-0.25, -0.2) is 0 Å². The SMILES string of the molecule is IO[C@H]1CC=CCC1. The Hall–Kier alpha value is 0.430. The van der Waals surface area contributed by atoms with E-state index in [1.165, 1.54) is 12.8 Å². The Balaban J connectivity index is 2.27. The van der Waals surface area contributed by atoms with Crippen molar-refractivity contribution in [1.29, 1.82) is 0 Å². The predicted octanol–water partition coefficient (Wildman–Crippen LogP) is 2.46. The number of hydrogen-bond acceptors (Lipinski definition) is 1. The molecule has 0 aromatic rings. The highest BCUT2D eigenvalue weighted by molar-refractivity contribution is 14.1. The molecule has 0 aromatic heterocycles. The van der Waals surface area contributed by atoms with Gasteiger partial charge in [0.15, 0.2) is 0 Å². The van der Waals surface area contributed by atoms with Crippen LogP contribution in [0.15, 0.2) is 12.2 Å². The molecule has 0 heterocycles. The van der Waals surface area contributed by atoms with Crippen molar-refractivity contribution in [1.82, 2.24) is 0 Å². The van der Waals surface area contributed by atoms with Crippen LogP contribution in [0.3, 0.4) is 0 Å². The summed E-state index contributed by atoms with van der Waals surface area (Å²) in [6.07, 6.45) is 8.37. The van der Waals surface area contributed by atoms with E-state index < -0.39 is 0 Å². The fourth-order valence-electron chi connectivity index (χ4n) is 0.847. The van der Waals surface area contributed by atoms with Gasteiger partial charge in [0, 0.05) is 0 Å². The van der Waals surface area contributed by atoms with Gasteiger partial charge >= 0.3 is 0 Å². The van der Waals surface area contributed by atoms with Crippen LogP contribution < -0.4 is 0 Å². The molecule has 1 aliphatic carbocycles. The lowest BCUT2D eigenvalue weighted by molar-refractivity contribution is 0.266. The zero-order valence-corrected chi connectivity index (χ0v) is 6.80. The minimum absolute atomic E-state index is 0.487. The first-order valence-electron chi connectivity index (χ1n) is 2.86. The molecule has 0 aromatic carbocycles. The lowest BCUT2D eigenvalue weighted by Gasteiger charge is -2.12. The molecule has 2 heteroatoms. The van der Waals surface area contributed by atoms with Gasteiger partial charge in [0.1, 0.15) is 23.0 Å². The largest absolute Gasteiger partial charge is 0.312 e. The summed E-state index contributed by atoms with van der Waals surface area (Å²) in [4.78, 5) is 0. The highest BCUT2D eigenvalue weighted by Crippen LogP contribution is 2.15. The molecule has 1 atom stereocenters. The highest BCUT2D eigenvalue weighted by atomic mass is 127. The van der Waals surface area contributed by atoms with Gasteiger partial charge in [0.25, 0.3) is 0 Å². The highest BCUT2D eigenvalue weighted by Gasteiger charge is 2.07. The maximum Gasteiger partial charge on any atom is 0.110 e. The molecular formula is C6H9IO. The molecule has 0 aliphatic heterocycles. The first kappa shape index (κ1) is 6.55. The Kier molecular flexibility index (Phi) is 2.83. The third-order valence-electron chi connectivity index (χ3n) is 1.35. The summed E-state index contributed by atoms with van der Waals surface area (Å²) in [6, 6.07) is 0. The summed E-state index contributed by atoms with van der Waals surface area (Å²) in [7, 11) is 0. The predicted molar refractivity (Wildman–Crippen MR) is 41.9 cm³/mol. The Labute approximate surface area is 63.8 Å². The van der Waals surface area contributed by atoms with Gasteiger partial charge in [-0.2, -0.15) is 0 Å². The van der Waals surface area contributed by atoms with Gasteiger partial charge in [0.05, 0.1) is 6.10 Å². The molecule has 0 bridgehead atoms. The minimum Gasteiger partial charge on any atom is -0.312 e. The lowest BCUT2D eigenvalue weighted by Crippen LogP contribution is -2.07. The van der Waals surface area contributed by atoms with Crippen molar-refractivity contribution in [2.45, 2.75) is 25.4 Å². The molecule has 1 aliphatic rings.